The summed E-state index contributed by atoms with van der Waals surface area (Å²) in [4.78, 5) is 16.4. The van der Waals surface area contributed by atoms with Gasteiger partial charge >= 0.3 is 0 Å². The highest BCUT2D eigenvalue weighted by molar-refractivity contribution is 7.13. The zero-order chi connectivity index (χ0) is 16.4. The number of halogens is 2. The minimum atomic E-state index is -0.684. The van der Waals surface area contributed by atoms with Gasteiger partial charge in [0.15, 0.2) is 0 Å². The van der Waals surface area contributed by atoms with Gasteiger partial charge in [-0.1, -0.05) is 13.0 Å². The summed E-state index contributed by atoms with van der Waals surface area (Å²) in [5.41, 5.74) is -0.00493. The van der Waals surface area contributed by atoms with Crippen LogP contribution in [0.1, 0.15) is 23.8 Å². The third-order valence-electron chi connectivity index (χ3n) is 4.06. The van der Waals surface area contributed by atoms with Gasteiger partial charge in [0.1, 0.15) is 22.3 Å². The minimum Gasteiger partial charge on any atom is -0.346 e. The van der Waals surface area contributed by atoms with E-state index in [2.05, 4.69) is 22.5 Å². The van der Waals surface area contributed by atoms with Crippen molar-refractivity contribution in [2.75, 3.05) is 13.1 Å². The summed E-state index contributed by atoms with van der Waals surface area (Å²) in [6.07, 6.45) is 0.994. The Bertz CT molecular complexity index is 699. The summed E-state index contributed by atoms with van der Waals surface area (Å²) in [7, 11) is 0. The van der Waals surface area contributed by atoms with Crippen LogP contribution in [0.5, 0.6) is 0 Å². The lowest BCUT2D eigenvalue weighted by atomic mass is 9.95. The summed E-state index contributed by atoms with van der Waals surface area (Å²) in [5, 5.41) is 7.86. The molecule has 1 aliphatic heterocycles. The second-order valence-electron chi connectivity index (χ2n) is 5.68. The van der Waals surface area contributed by atoms with E-state index in [1.165, 1.54) is 23.6 Å². The molecule has 0 spiro atoms. The van der Waals surface area contributed by atoms with Gasteiger partial charge in [0, 0.05) is 18.0 Å². The molecule has 1 fully saturated rings. The number of benzene rings is 1. The van der Waals surface area contributed by atoms with Crippen LogP contribution < -0.4 is 10.6 Å². The van der Waals surface area contributed by atoms with E-state index >= 15 is 0 Å². The van der Waals surface area contributed by atoms with Crippen molar-refractivity contribution in [2.24, 2.45) is 5.92 Å². The van der Waals surface area contributed by atoms with Crippen LogP contribution in [0.25, 0.3) is 10.6 Å². The van der Waals surface area contributed by atoms with Crippen molar-refractivity contribution in [2.45, 2.75) is 19.4 Å². The number of nitrogens with zero attached hydrogens (tertiary/aromatic N) is 1. The number of aromatic nitrogens is 1. The molecule has 4 nitrogen and oxygen atoms in total. The molecule has 2 heterocycles. The fraction of sp³-hybridized carbons (Fsp3) is 0.375. The van der Waals surface area contributed by atoms with Crippen LogP contribution in [0.15, 0.2) is 23.6 Å². The molecule has 1 aliphatic rings. The Morgan fingerprint density at radius 2 is 2.13 bits per heavy atom. The Kier molecular flexibility index (Phi) is 4.68. The number of carbonyl (C=O) groups is 1. The van der Waals surface area contributed by atoms with Crippen molar-refractivity contribution in [3.63, 3.8) is 0 Å². The maximum atomic E-state index is 13.8. The van der Waals surface area contributed by atoms with Crippen LogP contribution in [0.4, 0.5) is 8.78 Å². The standard InChI is InChI=1S/C16H17F2N3OS/c1-9-5-6-19-7-12(9)20-15(22)13-8-23-16(21-13)14-10(17)3-2-4-11(14)18/h2-4,8-9,12,19H,5-7H2,1H3,(H,20,22). The molecule has 1 aromatic carbocycles. The van der Waals surface area contributed by atoms with Gasteiger partial charge in [0.05, 0.1) is 5.56 Å². The van der Waals surface area contributed by atoms with Crippen LogP contribution in [0.3, 0.4) is 0 Å². The lowest BCUT2D eigenvalue weighted by molar-refractivity contribution is 0.0911. The Morgan fingerprint density at radius 3 is 2.83 bits per heavy atom. The monoisotopic (exact) mass is 337 g/mol. The van der Waals surface area contributed by atoms with Crippen molar-refractivity contribution >= 4 is 17.2 Å². The maximum absolute atomic E-state index is 13.8. The average molecular weight is 337 g/mol. The first-order valence-corrected chi connectivity index (χ1v) is 8.35. The second kappa shape index (κ2) is 6.72. The summed E-state index contributed by atoms with van der Waals surface area (Å²) in [6, 6.07) is 3.68. The Hall–Kier alpha value is -1.86. The fourth-order valence-electron chi connectivity index (χ4n) is 2.62. The highest BCUT2D eigenvalue weighted by Crippen LogP contribution is 2.29. The first-order chi connectivity index (χ1) is 11.1. The lowest BCUT2D eigenvalue weighted by Gasteiger charge is -2.29. The SMILES string of the molecule is CC1CCNCC1NC(=O)c1csc(-c2c(F)cccc2F)n1. The highest BCUT2D eigenvalue weighted by atomic mass is 32.1. The molecule has 0 saturated carbocycles. The molecule has 122 valence electrons. The quantitative estimate of drug-likeness (QED) is 0.905. The number of thiazole rings is 1. The molecule has 2 N–H and O–H groups in total. The van der Waals surface area contributed by atoms with E-state index < -0.39 is 11.6 Å². The Morgan fingerprint density at radius 1 is 1.39 bits per heavy atom. The van der Waals surface area contributed by atoms with E-state index in [0.717, 1.165) is 24.3 Å². The lowest BCUT2D eigenvalue weighted by Crippen LogP contribution is -2.50. The van der Waals surface area contributed by atoms with Crippen LogP contribution in [0, 0.1) is 17.6 Å². The average Bonchev–Trinajstić information content (AvgIpc) is 2.99. The minimum absolute atomic E-state index is 0.0339. The van der Waals surface area contributed by atoms with Crippen LogP contribution in [-0.2, 0) is 0 Å². The number of rotatable bonds is 3. The van der Waals surface area contributed by atoms with Crippen molar-refractivity contribution in [1.82, 2.24) is 15.6 Å². The predicted molar refractivity (Wildman–Crippen MR) is 85.4 cm³/mol. The highest BCUT2D eigenvalue weighted by Gasteiger charge is 2.24. The van der Waals surface area contributed by atoms with E-state index in [0.29, 0.717) is 12.5 Å². The molecule has 0 bridgehead atoms. The van der Waals surface area contributed by atoms with Crippen molar-refractivity contribution < 1.29 is 13.6 Å². The zero-order valence-electron chi connectivity index (χ0n) is 12.6. The first-order valence-electron chi connectivity index (χ1n) is 7.47. The van der Waals surface area contributed by atoms with Gasteiger partial charge in [-0.3, -0.25) is 4.79 Å². The van der Waals surface area contributed by atoms with Crippen LogP contribution in [-0.4, -0.2) is 30.0 Å². The third-order valence-corrected chi connectivity index (χ3v) is 4.92. The molecule has 2 unspecified atom stereocenters. The summed E-state index contributed by atoms with van der Waals surface area (Å²) < 4.78 is 27.6. The first kappa shape index (κ1) is 16.0. The number of hydrogen-bond donors (Lipinski definition) is 2. The zero-order valence-corrected chi connectivity index (χ0v) is 13.4. The molecule has 1 aromatic heterocycles. The second-order valence-corrected chi connectivity index (χ2v) is 6.54. The molecule has 1 saturated heterocycles. The van der Waals surface area contributed by atoms with Gasteiger partial charge in [-0.2, -0.15) is 0 Å². The Labute approximate surface area is 136 Å². The summed E-state index contributed by atoms with van der Waals surface area (Å²) >= 11 is 1.05. The molecule has 23 heavy (non-hydrogen) atoms. The van der Waals surface area contributed by atoms with Crippen molar-refractivity contribution in [3.05, 3.63) is 40.9 Å². The molecule has 7 heteroatoms. The molecule has 0 radical (unpaired) electrons. The van der Waals surface area contributed by atoms with Gasteiger partial charge in [-0.15, -0.1) is 11.3 Å². The topological polar surface area (TPSA) is 54.0 Å². The molecular weight excluding hydrogens is 320 g/mol. The van der Waals surface area contributed by atoms with Gasteiger partial charge in [0.25, 0.3) is 5.91 Å². The van der Waals surface area contributed by atoms with Crippen molar-refractivity contribution in [3.8, 4) is 10.6 Å². The number of amides is 1. The molecule has 2 aromatic rings. The number of carbonyl (C=O) groups excluding carboxylic acids is 1. The summed E-state index contributed by atoms with van der Waals surface area (Å²) in [6.45, 7) is 3.75. The molecule has 3 rings (SSSR count). The van der Waals surface area contributed by atoms with E-state index in [4.69, 9.17) is 0 Å². The van der Waals surface area contributed by atoms with Gasteiger partial charge in [-0.25, -0.2) is 13.8 Å². The molecular formula is C16H17F2N3OS. The van der Waals surface area contributed by atoms with Crippen LogP contribution in [0.2, 0.25) is 0 Å². The van der Waals surface area contributed by atoms with E-state index in [-0.39, 0.29) is 28.2 Å². The predicted octanol–water partition coefficient (Wildman–Crippen LogP) is 2.82. The number of hydrogen-bond acceptors (Lipinski definition) is 4. The Balaban J connectivity index is 1.77. The number of nitrogens with one attached hydrogen (secondary N) is 2. The molecule has 2 atom stereocenters. The van der Waals surface area contributed by atoms with Crippen LogP contribution >= 0.6 is 11.3 Å². The number of piperidine rings is 1. The van der Waals surface area contributed by atoms with E-state index in [1.54, 1.807) is 0 Å². The van der Waals surface area contributed by atoms with Gasteiger partial charge < -0.3 is 10.6 Å². The maximum Gasteiger partial charge on any atom is 0.271 e. The van der Waals surface area contributed by atoms with Crippen molar-refractivity contribution in [1.29, 1.82) is 0 Å². The van der Waals surface area contributed by atoms with Gasteiger partial charge in [-0.05, 0) is 31.0 Å². The summed E-state index contributed by atoms with van der Waals surface area (Å²) in [5.74, 6) is -1.31. The largest absolute Gasteiger partial charge is 0.346 e. The van der Waals surface area contributed by atoms with E-state index in [9.17, 15) is 13.6 Å². The smallest absolute Gasteiger partial charge is 0.271 e. The fourth-order valence-corrected chi connectivity index (χ4v) is 3.47. The molecule has 1 amide bonds. The normalized spacial score (nSPS) is 21.2. The third kappa shape index (κ3) is 3.40. The van der Waals surface area contributed by atoms with E-state index in [1.807, 2.05) is 0 Å². The molecule has 0 aliphatic carbocycles. The van der Waals surface area contributed by atoms with Gasteiger partial charge in [0.2, 0.25) is 0 Å².